The molecule has 1 N–H and O–H groups in total. The fourth-order valence-corrected chi connectivity index (χ4v) is 1.67. The van der Waals surface area contributed by atoms with Gasteiger partial charge < -0.3 is 4.98 Å². The van der Waals surface area contributed by atoms with Gasteiger partial charge >= 0.3 is 6.18 Å². The summed E-state index contributed by atoms with van der Waals surface area (Å²) in [6.07, 6.45) is -2.90. The molecule has 18 heavy (non-hydrogen) atoms. The van der Waals surface area contributed by atoms with Crippen molar-refractivity contribution >= 4 is 0 Å². The summed E-state index contributed by atoms with van der Waals surface area (Å²) in [5.41, 5.74) is 0.110. The van der Waals surface area contributed by atoms with Gasteiger partial charge in [-0.25, -0.2) is 0 Å². The van der Waals surface area contributed by atoms with Crippen LogP contribution < -0.4 is 5.56 Å². The number of aromatic nitrogens is 1. The van der Waals surface area contributed by atoms with Crippen molar-refractivity contribution in [2.24, 2.45) is 0 Å². The maximum Gasteiger partial charge on any atom is 0.416 e. The number of hydrogen-bond donors (Lipinski definition) is 1. The number of alkyl halides is 3. The first-order chi connectivity index (χ1) is 8.38. The SMILES string of the molecule is Cc1c[nH]c(=O)c(-c2cccc(C(F)(F)F)c2)c1. The Hall–Kier alpha value is -2.04. The highest BCUT2D eigenvalue weighted by Gasteiger charge is 2.30. The van der Waals surface area contributed by atoms with Crippen LogP contribution in [0.15, 0.2) is 41.3 Å². The Labute approximate surface area is 101 Å². The fourth-order valence-electron chi connectivity index (χ4n) is 1.67. The van der Waals surface area contributed by atoms with E-state index < -0.39 is 17.3 Å². The number of rotatable bonds is 1. The summed E-state index contributed by atoms with van der Waals surface area (Å²) in [7, 11) is 0. The zero-order valence-electron chi connectivity index (χ0n) is 9.51. The first kappa shape index (κ1) is 12.4. The zero-order chi connectivity index (χ0) is 13.3. The van der Waals surface area contributed by atoms with Crippen LogP contribution in [0.4, 0.5) is 13.2 Å². The third-order valence-corrected chi connectivity index (χ3v) is 2.55. The molecule has 0 aliphatic heterocycles. The first-order valence-electron chi connectivity index (χ1n) is 5.25. The quantitative estimate of drug-likeness (QED) is 0.830. The maximum atomic E-state index is 12.6. The van der Waals surface area contributed by atoms with Gasteiger partial charge in [-0.05, 0) is 36.2 Å². The average molecular weight is 253 g/mol. The second-order valence-electron chi connectivity index (χ2n) is 4.00. The van der Waals surface area contributed by atoms with E-state index in [0.717, 1.165) is 17.7 Å². The minimum Gasteiger partial charge on any atom is -0.328 e. The summed E-state index contributed by atoms with van der Waals surface area (Å²) in [4.78, 5) is 14.1. The smallest absolute Gasteiger partial charge is 0.328 e. The van der Waals surface area contributed by atoms with Gasteiger partial charge in [-0.1, -0.05) is 12.1 Å². The summed E-state index contributed by atoms with van der Waals surface area (Å²) in [6, 6.07) is 6.30. The minimum absolute atomic E-state index is 0.237. The summed E-state index contributed by atoms with van der Waals surface area (Å²) in [6.45, 7) is 1.76. The number of benzene rings is 1. The lowest BCUT2D eigenvalue weighted by molar-refractivity contribution is -0.137. The third-order valence-electron chi connectivity index (χ3n) is 2.55. The largest absolute Gasteiger partial charge is 0.416 e. The Bertz CT molecular complexity index is 629. The lowest BCUT2D eigenvalue weighted by atomic mass is 10.0. The van der Waals surface area contributed by atoms with Gasteiger partial charge in [0.05, 0.1) is 5.56 Å². The Morgan fingerprint density at radius 2 is 1.89 bits per heavy atom. The Balaban J connectivity index is 2.58. The van der Waals surface area contributed by atoms with Crippen molar-refractivity contribution in [2.45, 2.75) is 13.1 Å². The van der Waals surface area contributed by atoms with Crippen molar-refractivity contribution in [2.75, 3.05) is 0 Å². The van der Waals surface area contributed by atoms with Crippen LogP contribution in [0.3, 0.4) is 0 Å². The standard InChI is InChI=1S/C13H10F3NO/c1-8-5-11(12(18)17-7-8)9-3-2-4-10(6-9)13(14,15)16/h2-7H,1H3,(H,17,18). The van der Waals surface area contributed by atoms with Crippen molar-refractivity contribution in [1.29, 1.82) is 0 Å². The van der Waals surface area contributed by atoms with Gasteiger partial charge in [-0.2, -0.15) is 13.2 Å². The summed E-state index contributed by atoms with van der Waals surface area (Å²) in [5, 5.41) is 0. The molecular formula is C13H10F3NO. The van der Waals surface area contributed by atoms with Crippen LogP contribution >= 0.6 is 0 Å². The fraction of sp³-hybridized carbons (Fsp3) is 0.154. The van der Waals surface area contributed by atoms with Gasteiger partial charge in [0.1, 0.15) is 0 Å². The van der Waals surface area contributed by atoms with Crippen molar-refractivity contribution < 1.29 is 13.2 Å². The molecule has 1 aromatic carbocycles. The molecule has 0 amide bonds. The lowest BCUT2D eigenvalue weighted by Crippen LogP contribution is -2.10. The number of hydrogen-bond acceptors (Lipinski definition) is 1. The molecule has 0 saturated heterocycles. The van der Waals surface area contributed by atoms with E-state index in [0.29, 0.717) is 0 Å². The molecule has 0 unspecified atom stereocenters. The van der Waals surface area contributed by atoms with E-state index in [1.807, 2.05) is 0 Å². The zero-order valence-corrected chi connectivity index (χ0v) is 9.51. The second-order valence-corrected chi connectivity index (χ2v) is 4.00. The summed E-state index contributed by atoms with van der Waals surface area (Å²) in [5.74, 6) is 0. The average Bonchev–Trinajstić information content (AvgIpc) is 2.31. The van der Waals surface area contributed by atoms with Crippen LogP contribution in [-0.4, -0.2) is 4.98 Å². The maximum absolute atomic E-state index is 12.6. The highest BCUT2D eigenvalue weighted by Crippen LogP contribution is 2.31. The van der Waals surface area contributed by atoms with Crippen LogP contribution in [0.1, 0.15) is 11.1 Å². The molecule has 5 heteroatoms. The van der Waals surface area contributed by atoms with Crippen LogP contribution in [0.2, 0.25) is 0 Å². The molecule has 0 fully saturated rings. The number of halogens is 3. The van der Waals surface area contributed by atoms with Crippen LogP contribution in [0.25, 0.3) is 11.1 Å². The number of aryl methyl sites for hydroxylation is 1. The van der Waals surface area contributed by atoms with E-state index >= 15 is 0 Å². The summed E-state index contributed by atoms with van der Waals surface area (Å²) < 4.78 is 37.7. The Morgan fingerprint density at radius 3 is 2.56 bits per heavy atom. The van der Waals surface area contributed by atoms with Gasteiger partial charge in [0.25, 0.3) is 5.56 Å². The molecule has 1 aromatic heterocycles. The van der Waals surface area contributed by atoms with Gasteiger partial charge in [0.15, 0.2) is 0 Å². The second kappa shape index (κ2) is 4.33. The van der Waals surface area contributed by atoms with E-state index in [-0.39, 0.29) is 11.1 Å². The van der Waals surface area contributed by atoms with Crippen molar-refractivity contribution in [1.82, 2.24) is 4.98 Å². The summed E-state index contributed by atoms with van der Waals surface area (Å²) >= 11 is 0. The van der Waals surface area contributed by atoms with Gasteiger partial charge in [-0.3, -0.25) is 4.79 Å². The molecular weight excluding hydrogens is 243 g/mol. The van der Waals surface area contributed by atoms with Gasteiger partial charge in [0, 0.05) is 11.8 Å². The molecule has 0 aliphatic carbocycles. The van der Waals surface area contributed by atoms with E-state index in [2.05, 4.69) is 4.98 Å². The molecule has 0 spiro atoms. The molecule has 2 rings (SSSR count). The van der Waals surface area contributed by atoms with E-state index in [4.69, 9.17) is 0 Å². The minimum atomic E-state index is -4.41. The molecule has 0 bridgehead atoms. The molecule has 0 aliphatic rings. The van der Waals surface area contributed by atoms with Gasteiger partial charge in [0.2, 0.25) is 0 Å². The Morgan fingerprint density at radius 1 is 1.17 bits per heavy atom. The molecule has 94 valence electrons. The van der Waals surface area contributed by atoms with Crippen LogP contribution in [-0.2, 0) is 6.18 Å². The van der Waals surface area contributed by atoms with Crippen molar-refractivity contribution in [3.05, 3.63) is 58.0 Å². The monoisotopic (exact) mass is 253 g/mol. The number of nitrogens with one attached hydrogen (secondary N) is 1. The first-order valence-corrected chi connectivity index (χ1v) is 5.25. The van der Waals surface area contributed by atoms with Crippen molar-refractivity contribution in [3.8, 4) is 11.1 Å². The van der Waals surface area contributed by atoms with E-state index in [9.17, 15) is 18.0 Å². The van der Waals surface area contributed by atoms with E-state index in [1.54, 1.807) is 13.0 Å². The predicted molar refractivity (Wildman–Crippen MR) is 62.2 cm³/mol. The molecule has 0 saturated carbocycles. The topological polar surface area (TPSA) is 32.9 Å². The highest BCUT2D eigenvalue weighted by molar-refractivity contribution is 5.63. The number of aromatic amines is 1. The van der Waals surface area contributed by atoms with Crippen LogP contribution in [0, 0.1) is 6.92 Å². The lowest BCUT2D eigenvalue weighted by Gasteiger charge is -2.08. The molecule has 0 atom stereocenters. The number of H-pyrrole nitrogens is 1. The molecule has 2 nitrogen and oxygen atoms in total. The predicted octanol–water partition coefficient (Wildman–Crippen LogP) is 3.37. The Kier molecular flexibility index (Phi) is 2.98. The van der Waals surface area contributed by atoms with E-state index in [1.165, 1.54) is 18.3 Å². The molecule has 2 aromatic rings. The highest BCUT2D eigenvalue weighted by atomic mass is 19.4. The molecule has 0 radical (unpaired) electrons. The third kappa shape index (κ3) is 2.45. The number of pyridine rings is 1. The van der Waals surface area contributed by atoms with Crippen LogP contribution in [0.5, 0.6) is 0 Å². The normalized spacial score (nSPS) is 11.6. The molecule has 1 heterocycles. The van der Waals surface area contributed by atoms with Crippen molar-refractivity contribution in [3.63, 3.8) is 0 Å². The van der Waals surface area contributed by atoms with Gasteiger partial charge in [-0.15, -0.1) is 0 Å².